The maximum atomic E-state index is 9.94. The van der Waals surface area contributed by atoms with E-state index in [2.05, 4.69) is 45.6 Å². The lowest BCUT2D eigenvalue weighted by molar-refractivity contribution is -0.142. The van der Waals surface area contributed by atoms with Crippen molar-refractivity contribution in [3.05, 3.63) is 11.8 Å². The first-order chi connectivity index (χ1) is 9.51. The Morgan fingerprint density at radius 1 is 1.14 bits per heavy atom. The van der Waals surface area contributed by atoms with Gasteiger partial charge in [-0.25, -0.2) is 0 Å². The topological polar surface area (TPSA) is 84.2 Å². The summed E-state index contributed by atoms with van der Waals surface area (Å²) in [6.07, 6.45) is -1.23. The number of rotatable bonds is 4. The van der Waals surface area contributed by atoms with Gasteiger partial charge in [-0.2, -0.15) is 0 Å². The molecule has 124 valence electrons. The van der Waals surface area contributed by atoms with E-state index < -0.39 is 32.4 Å². The molecule has 5 nitrogen and oxygen atoms in total. The van der Waals surface area contributed by atoms with Gasteiger partial charge >= 0.3 is 0 Å². The van der Waals surface area contributed by atoms with Crippen LogP contribution in [0.5, 0.6) is 0 Å². The Morgan fingerprint density at radius 3 is 2.19 bits per heavy atom. The maximum Gasteiger partial charge on any atom is 0.109 e. The highest BCUT2D eigenvalue weighted by molar-refractivity contribution is 6.84. The average Bonchev–Trinajstić information content (AvgIpc) is 2.35. The molecule has 0 bridgehead atoms. The van der Waals surface area contributed by atoms with Crippen LogP contribution in [0.3, 0.4) is 0 Å². The summed E-state index contributed by atoms with van der Waals surface area (Å²) in [6.45, 7) is 11.9. The molecule has 4 N–H and O–H groups in total. The summed E-state index contributed by atoms with van der Waals surface area (Å²) < 4.78 is 0. The number of β-amino-alcohol motifs (C(OH)–C–C–N with tert-alkyl or cyclic N) is 1. The second-order valence-electron chi connectivity index (χ2n) is 7.63. The highest BCUT2D eigenvalue weighted by atomic mass is 28.3. The fourth-order valence-corrected chi connectivity index (χ4v) is 3.52. The normalized spacial score (nSPS) is 32.8. The zero-order valence-electron chi connectivity index (χ0n) is 13.8. The predicted molar refractivity (Wildman–Crippen MR) is 86.8 cm³/mol. The first-order valence-electron chi connectivity index (χ1n) is 7.58. The van der Waals surface area contributed by atoms with Gasteiger partial charge < -0.3 is 20.4 Å². The molecular formula is C15H31NO4Si. The van der Waals surface area contributed by atoms with Gasteiger partial charge in [0, 0.05) is 13.1 Å². The summed E-state index contributed by atoms with van der Waals surface area (Å²) in [5.74, 6) is 0. The van der Waals surface area contributed by atoms with Crippen molar-refractivity contribution in [3.8, 4) is 0 Å². The van der Waals surface area contributed by atoms with Crippen LogP contribution >= 0.6 is 0 Å². The van der Waals surface area contributed by atoms with Gasteiger partial charge in [0.1, 0.15) is 12.2 Å². The molecule has 0 amide bonds. The molecular weight excluding hydrogens is 286 g/mol. The Labute approximate surface area is 128 Å². The van der Waals surface area contributed by atoms with Gasteiger partial charge in [-0.1, -0.05) is 45.6 Å². The largest absolute Gasteiger partial charge is 0.395 e. The summed E-state index contributed by atoms with van der Waals surface area (Å²) in [7, 11) is -1.51. The molecule has 0 aromatic heterocycles. The van der Waals surface area contributed by atoms with Crippen LogP contribution in [0.1, 0.15) is 20.8 Å². The molecule has 6 heteroatoms. The number of aliphatic hydroxyl groups is 4. The standard InChI is InChI=1S/C15H31NO4Si/c1-15(2,3)21(4,5)8-6-7-16-9-12(18)14(20)13(19)11(16)10-17/h6,8,11-14,17-20H,7,9-10H2,1-5H3/b8-6+/t11?,12-,13+,14+/m0/s1. The predicted octanol–water partition coefficient (Wildman–Crippen LogP) is 0.349. The summed E-state index contributed by atoms with van der Waals surface area (Å²) >= 11 is 0. The maximum absolute atomic E-state index is 9.94. The van der Waals surface area contributed by atoms with E-state index in [0.717, 1.165) is 0 Å². The van der Waals surface area contributed by atoms with Crippen LogP contribution < -0.4 is 0 Å². The first-order valence-corrected chi connectivity index (χ1v) is 10.7. The van der Waals surface area contributed by atoms with Gasteiger partial charge in [0.05, 0.1) is 26.8 Å². The molecule has 0 saturated carbocycles. The summed E-state index contributed by atoms with van der Waals surface area (Å²) in [5, 5.41) is 39.1. The van der Waals surface area contributed by atoms with E-state index in [1.54, 1.807) is 0 Å². The number of hydrogen-bond donors (Lipinski definition) is 4. The molecule has 21 heavy (non-hydrogen) atoms. The van der Waals surface area contributed by atoms with Crippen LogP contribution in [-0.2, 0) is 0 Å². The lowest BCUT2D eigenvalue weighted by atomic mass is 9.94. The molecule has 0 aromatic carbocycles. The van der Waals surface area contributed by atoms with Crippen LogP contribution in [0.15, 0.2) is 11.8 Å². The zero-order chi connectivity index (χ0) is 16.4. The molecule has 1 saturated heterocycles. The fraction of sp³-hybridized carbons (Fsp3) is 0.867. The van der Waals surface area contributed by atoms with Crippen molar-refractivity contribution in [2.24, 2.45) is 0 Å². The number of likely N-dealkylation sites (tertiary alicyclic amines) is 1. The Morgan fingerprint density at radius 2 is 1.71 bits per heavy atom. The van der Waals surface area contributed by atoms with Gasteiger partial charge in [-0.15, -0.1) is 0 Å². The van der Waals surface area contributed by atoms with Crippen LogP contribution in [0.4, 0.5) is 0 Å². The van der Waals surface area contributed by atoms with E-state index in [0.29, 0.717) is 6.54 Å². The van der Waals surface area contributed by atoms with Crippen molar-refractivity contribution in [2.75, 3.05) is 19.7 Å². The molecule has 0 aromatic rings. The van der Waals surface area contributed by atoms with Crippen molar-refractivity contribution in [2.45, 2.75) is 63.3 Å². The molecule has 1 aliphatic rings. The Kier molecular flexibility index (Phi) is 6.17. The van der Waals surface area contributed by atoms with Gasteiger partial charge in [-0.05, 0) is 5.04 Å². The lowest BCUT2D eigenvalue weighted by Gasteiger charge is -2.42. The van der Waals surface area contributed by atoms with E-state index in [9.17, 15) is 20.4 Å². The lowest BCUT2D eigenvalue weighted by Crippen LogP contribution is -2.62. The van der Waals surface area contributed by atoms with E-state index in [1.807, 2.05) is 4.90 Å². The van der Waals surface area contributed by atoms with E-state index in [-0.39, 0.29) is 18.2 Å². The SMILES string of the molecule is CC(C)(C)[Si](C)(C)/C=C/CN1C[C@H](O)[C@@H](O)[C@H](O)C1CO. The van der Waals surface area contributed by atoms with Gasteiger partial charge in [0.2, 0.25) is 0 Å². The molecule has 1 fully saturated rings. The highest BCUT2D eigenvalue weighted by Crippen LogP contribution is 2.36. The molecule has 4 atom stereocenters. The molecule has 1 unspecified atom stereocenters. The first kappa shape index (κ1) is 18.8. The molecule has 0 aliphatic carbocycles. The minimum atomic E-state index is -1.51. The Bertz CT molecular complexity index is 367. The van der Waals surface area contributed by atoms with E-state index >= 15 is 0 Å². The van der Waals surface area contributed by atoms with Gasteiger partial charge in [0.15, 0.2) is 0 Å². The summed E-state index contributed by atoms with van der Waals surface area (Å²) in [4.78, 5) is 1.83. The number of piperidine rings is 1. The van der Waals surface area contributed by atoms with Crippen molar-refractivity contribution < 1.29 is 20.4 Å². The van der Waals surface area contributed by atoms with Crippen LogP contribution in [0.2, 0.25) is 18.1 Å². The van der Waals surface area contributed by atoms with Gasteiger partial charge in [0.25, 0.3) is 0 Å². The van der Waals surface area contributed by atoms with E-state index in [1.165, 1.54) is 0 Å². The molecule has 0 radical (unpaired) electrons. The minimum Gasteiger partial charge on any atom is -0.395 e. The van der Waals surface area contributed by atoms with Crippen molar-refractivity contribution in [3.63, 3.8) is 0 Å². The summed E-state index contributed by atoms with van der Waals surface area (Å²) in [5.41, 5.74) is 2.27. The number of nitrogens with zero attached hydrogens (tertiary/aromatic N) is 1. The highest BCUT2D eigenvalue weighted by Gasteiger charge is 2.40. The van der Waals surface area contributed by atoms with E-state index in [4.69, 9.17) is 0 Å². The molecule has 1 aliphatic heterocycles. The third-order valence-corrected chi connectivity index (χ3v) is 9.96. The summed E-state index contributed by atoms with van der Waals surface area (Å²) in [6, 6.07) is -0.535. The Balaban J connectivity index is 2.73. The quantitative estimate of drug-likeness (QED) is 0.562. The zero-order valence-corrected chi connectivity index (χ0v) is 14.8. The van der Waals surface area contributed by atoms with Crippen molar-refractivity contribution >= 4 is 8.07 Å². The third-order valence-electron chi connectivity index (χ3n) is 5.02. The molecule has 1 rings (SSSR count). The van der Waals surface area contributed by atoms with Crippen molar-refractivity contribution in [1.82, 2.24) is 4.90 Å². The van der Waals surface area contributed by atoms with Crippen LogP contribution in [-0.4, -0.2) is 77.5 Å². The molecule has 1 heterocycles. The van der Waals surface area contributed by atoms with Crippen LogP contribution in [0.25, 0.3) is 0 Å². The van der Waals surface area contributed by atoms with Crippen LogP contribution in [0, 0.1) is 0 Å². The number of aliphatic hydroxyl groups excluding tert-OH is 4. The minimum absolute atomic E-state index is 0.237. The van der Waals surface area contributed by atoms with Crippen molar-refractivity contribution in [1.29, 1.82) is 0 Å². The fourth-order valence-electron chi connectivity index (χ4n) is 2.32. The van der Waals surface area contributed by atoms with Gasteiger partial charge in [-0.3, -0.25) is 4.90 Å². The Hall–Kier alpha value is -0.243. The molecule has 0 spiro atoms. The third kappa shape index (κ3) is 4.37. The smallest absolute Gasteiger partial charge is 0.109 e. The average molecular weight is 318 g/mol. The second-order valence-corrected chi connectivity index (χ2v) is 12.9. The second kappa shape index (κ2) is 6.89. The number of hydrogen-bond acceptors (Lipinski definition) is 5. The monoisotopic (exact) mass is 317 g/mol.